The zero-order valence-corrected chi connectivity index (χ0v) is 14.3. The molecule has 2 aromatic carbocycles. The Kier molecular flexibility index (Phi) is 5.07. The number of nitro groups is 1. The molecule has 0 spiro atoms. The Morgan fingerprint density at radius 1 is 1.19 bits per heavy atom. The second kappa shape index (κ2) is 7.60. The van der Waals surface area contributed by atoms with Gasteiger partial charge in [0.25, 0.3) is 5.69 Å². The molecule has 0 unspecified atom stereocenters. The fourth-order valence-corrected chi connectivity index (χ4v) is 2.64. The molecular weight excluding hydrogens is 332 g/mol. The van der Waals surface area contributed by atoms with Crippen molar-refractivity contribution in [3.63, 3.8) is 0 Å². The normalized spacial score (nSPS) is 10.5. The van der Waals surface area contributed by atoms with Crippen molar-refractivity contribution in [2.75, 3.05) is 5.32 Å². The molecule has 0 aliphatic heterocycles. The quantitative estimate of drug-likeness (QED) is 0.542. The number of nitrogens with zero attached hydrogens (tertiary/aromatic N) is 3. The predicted molar refractivity (Wildman–Crippen MR) is 98.3 cm³/mol. The summed E-state index contributed by atoms with van der Waals surface area (Å²) in [4.78, 5) is 22.7. The number of benzene rings is 2. The zero-order chi connectivity index (χ0) is 18.5. The number of nitrogens with one attached hydrogen (secondary N) is 1. The van der Waals surface area contributed by atoms with Gasteiger partial charge in [-0.15, -0.1) is 0 Å². The number of para-hydroxylation sites is 1. The standard InChI is InChI=1S/C19H18N4O3/c1-14-17(8-5-9-18(14)23(25)26)21-19(24)11-10-15-12-20-22(13-15)16-6-3-2-4-7-16/h2-9,12-13H,10-11H2,1H3,(H,21,24). The van der Waals surface area contributed by atoms with Gasteiger partial charge in [-0.25, -0.2) is 4.68 Å². The summed E-state index contributed by atoms with van der Waals surface area (Å²) in [7, 11) is 0. The number of amides is 1. The van der Waals surface area contributed by atoms with E-state index in [-0.39, 0.29) is 18.0 Å². The highest BCUT2D eigenvalue weighted by Gasteiger charge is 2.14. The van der Waals surface area contributed by atoms with Crippen molar-refractivity contribution < 1.29 is 9.72 Å². The van der Waals surface area contributed by atoms with Crippen LogP contribution in [0.3, 0.4) is 0 Å². The Balaban J connectivity index is 1.61. The highest BCUT2D eigenvalue weighted by atomic mass is 16.6. The van der Waals surface area contributed by atoms with E-state index in [0.29, 0.717) is 17.7 Å². The number of nitro benzene ring substituents is 1. The van der Waals surface area contributed by atoms with Crippen molar-refractivity contribution in [1.82, 2.24) is 9.78 Å². The lowest BCUT2D eigenvalue weighted by Gasteiger charge is -2.08. The molecule has 3 aromatic rings. The minimum Gasteiger partial charge on any atom is -0.326 e. The third kappa shape index (κ3) is 3.94. The molecule has 1 N–H and O–H groups in total. The first-order chi connectivity index (χ1) is 12.5. The fraction of sp³-hybridized carbons (Fsp3) is 0.158. The maximum absolute atomic E-state index is 12.2. The third-order valence-electron chi connectivity index (χ3n) is 4.07. The Morgan fingerprint density at radius 2 is 1.96 bits per heavy atom. The van der Waals surface area contributed by atoms with E-state index in [9.17, 15) is 14.9 Å². The largest absolute Gasteiger partial charge is 0.326 e. The van der Waals surface area contributed by atoms with Gasteiger partial charge < -0.3 is 5.32 Å². The van der Waals surface area contributed by atoms with Crippen LogP contribution in [0, 0.1) is 17.0 Å². The lowest BCUT2D eigenvalue weighted by molar-refractivity contribution is -0.385. The van der Waals surface area contributed by atoms with E-state index in [4.69, 9.17) is 0 Å². The van der Waals surface area contributed by atoms with Gasteiger partial charge in [-0.2, -0.15) is 5.10 Å². The molecule has 0 atom stereocenters. The van der Waals surface area contributed by atoms with Crippen LogP contribution in [0.1, 0.15) is 17.5 Å². The summed E-state index contributed by atoms with van der Waals surface area (Å²) < 4.78 is 1.76. The molecule has 7 nitrogen and oxygen atoms in total. The number of hydrogen-bond donors (Lipinski definition) is 1. The molecule has 7 heteroatoms. The SMILES string of the molecule is Cc1c(NC(=O)CCc2cnn(-c3ccccc3)c2)cccc1[N+](=O)[O-]. The van der Waals surface area contributed by atoms with Gasteiger partial charge in [0.15, 0.2) is 0 Å². The van der Waals surface area contributed by atoms with Gasteiger partial charge in [-0.1, -0.05) is 24.3 Å². The molecule has 1 heterocycles. The van der Waals surface area contributed by atoms with Crippen LogP contribution in [0.25, 0.3) is 5.69 Å². The molecule has 132 valence electrons. The number of carbonyl (C=O) groups is 1. The lowest BCUT2D eigenvalue weighted by atomic mass is 10.1. The molecule has 0 fully saturated rings. The average molecular weight is 350 g/mol. The second-order valence-corrected chi connectivity index (χ2v) is 5.88. The summed E-state index contributed by atoms with van der Waals surface area (Å²) in [5.41, 5.74) is 2.80. The van der Waals surface area contributed by atoms with E-state index in [2.05, 4.69) is 10.4 Å². The molecule has 0 saturated carbocycles. The second-order valence-electron chi connectivity index (χ2n) is 5.88. The Morgan fingerprint density at radius 3 is 2.69 bits per heavy atom. The smallest absolute Gasteiger partial charge is 0.274 e. The number of anilines is 1. The molecule has 1 aromatic heterocycles. The zero-order valence-electron chi connectivity index (χ0n) is 14.3. The number of aryl methyl sites for hydroxylation is 1. The van der Waals surface area contributed by atoms with E-state index in [1.54, 1.807) is 29.9 Å². The van der Waals surface area contributed by atoms with Crippen LogP contribution in [-0.2, 0) is 11.2 Å². The molecule has 0 saturated heterocycles. The van der Waals surface area contributed by atoms with Crippen LogP contribution < -0.4 is 5.32 Å². The molecule has 3 rings (SSSR count). The van der Waals surface area contributed by atoms with E-state index in [1.807, 2.05) is 36.5 Å². The van der Waals surface area contributed by atoms with Crippen molar-refractivity contribution in [3.05, 3.63) is 82.2 Å². The summed E-state index contributed by atoms with van der Waals surface area (Å²) in [6.45, 7) is 1.62. The topological polar surface area (TPSA) is 90.1 Å². The van der Waals surface area contributed by atoms with Crippen LogP contribution in [0.5, 0.6) is 0 Å². The van der Waals surface area contributed by atoms with E-state index in [0.717, 1.165) is 11.3 Å². The first-order valence-corrected chi connectivity index (χ1v) is 8.17. The summed E-state index contributed by atoms with van der Waals surface area (Å²) in [5.74, 6) is -0.193. The molecule has 0 aliphatic carbocycles. The predicted octanol–water partition coefficient (Wildman–Crippen LogP) is 3.66. The number of carbonyl (C=O) groups excluding carboxylic acids is 1. The Hall–Kier alpha value is -3.48. The number of aromatic nitrogens is 2. The van der Waals surface area contributed by atoms with Gasteiger partial charge in [0.2, 0.25) is 5.91 Å². The van der Waals surface area contributed by atoms with Crippen LogP contribution >= 0.6 is 0 Å². The van der Waals surface area contributed by atoms with Crippen molar-refractivity contribution in [1.29, 1.82) is 0 Å². The maximum atomic E-state index is 12.2. The molecular formula is C19H18N4O3. The molecule has 1 amide bonds. The van der Waals surface area contributed by atoms with Crippen LogP contribution in [0.15, 0.2) is 60.9 Å². The minimum absolute atomic E-state index is 0.00747. The fourth-order valence-electron chi connectivity index (χ4n) is 2.64. The van der Waals surface area contributed by atoms with Crippen LogP contribution in [-0.4, -0.2) is 20.6 Å². The minimum atomic E-state index is -0.455. The van der Waals surface area contributed by atoms with Gasteiger partial charge in [0.1, 0.15) is 0 Å². The Bertz CT molecular complexity index is 935. The Labute approximate surface area is 150 Å². The average Bonchev–Trinajstić information content (AvgIpc) is 3.11. The van der Waals surface area contributed by atoms with Crippen molar-refractivity contribution in [2.24, 2.45) is 0 Å². The third-order valence-corrected chi connectivity index (χ3v) is 4.07. The number of rotatable bonds is 6. The van der Waals surface area contributed by atoms with E-state index >= 15 is 0 Å². The van der Waals surface area contributed by atoms with Crippen molar-refractivity contribution in [2.45, 2.75) is 19.8 Å². The highest BCUT2D eigenvalue weighted by Crippen LogP contribution is 2.25. The molecule has 0 aliphatic rings. The van der Waals surface area contributed by atoms with Crippen LogP contribution in [0.2, 0.25) is 0 Å². The molecule has 26 heavy (non-hydrogen) atoms. The summed E-state index contributed by atoms with van der Waals surface area (Å²) in [5, 5.41) is 18.0. The lowest BCUT2D eigenvalue weighted by Crippen LogP contribution is -2.13. The highest BCUT2D eigenvalue weighted by molar-refractivity contribution is 5.92. The van der Waals surface area contributed by atoms with Crippen molar-refractivity contribution >= 4 is 17.3 Å². The van der Waals surface area contributed by atoms with Crippen molar-refractivity contribution in [3.8, 4) is 5.69 Å². The summed E-state index contributed by atoms with van der Waals surface area (Å²) in [6, 6.07) is 14.4. The van der Waals surface area contributed by atoms with Gasteiger partial charge in [0, 0.05) is 18.7 Å². The molecule has 0 bridgehead atoms. The van der Waals surface area contributed by atoms with Crippen LogP contribution in [0.4, 0.5) is 11.4 Å². The first-order valence-electron chi connectivity index (χ1n) is 8.17. The first kappa shape index (κ1) is 17.3. The van der Waals surface area contributed by atoms with E-state index in [1.165, 1.54) is 6.07 Å². The van der Waals surface area contributed by atoms with Gasteiger partial charge in [0.05, 0.1) is 28.1 Å². The maximum Gasteiger partial charge on any atom is 0.274 e. The van der Waals surface area contributed by atoms with Gasteiger partial charge in [-0.05, 0) is 37.1 Å². The van der Waals surface area contributed by atoms with Gasteiger partial charge in [-0.3, -0.25) is 14.9 Å². The van der Waals surface area contributed by atoms with E-state index < -0.39 is 4.92 Å². The monoisotopic (exact) mass is 350 g/mol. The summed E-state index contributed by atoms with van der Waals surface area (Å²) >= 11 is 0. The molecule has 0 radical (unpaired) electrons. The number of hydrogen-bond acceptors (Lipinski definition) is 4. The summed E-state index contributed by atoms with van der Waals surface area (Å²) in [6.07, 6.45) is 4.43. The van der Waals surface area contributed by atoms with Gasteiger partial charge >= 0.3 is 0 Å².